The molecular formula is C30H22IN3O4S2. The van der Waals surface area contributed by atoms with E-state index in [4.69, 9.17) is 0 Å². The van der Waals surface area contributed by atoms with Gasteiger partial charge in [-0.1, -0.05) is 24.3 Å². The van der Waals surface area contributed by atoms with Crippen LogP contribution in [0.1, 0.15) is 21.7 Å². The van der Waals surface area contributed by atoms with Crippen molar-refractivity contribution in [2.24, 2.45) is 0 Å². The molecule has 0 spiro atoms. The number of thioether (sulfide) groups is 1. The molecule has 200 valence electrons. The van der Waals surface area contributed by atoms with Gasteiger partial charge in [-0.2, -0.15) is 0 Å². The van der Waals surface area contributed by atoms with E-state index in [9.17, 15) is 19.2 Å². The van der Waals surface area contributed by atoms with Crippen LogP contribution in [0.25, 0.3) is 6.08 Å². The number of halogens is 1. The van der Waals surface area contributed by atoms with E-state index >= 15 is 0 Å². The fourth-order valence-electron chi connectivity index (χ4n) is 4.00. The summed E-state index contributed by atoms with van der Waals surface area (Å²) >= 11 is 4.94. The normalized spacial score (nSPS) is 15.3. The molecular weight excluding hydrogens is 657 g/mol. The van der Waals surface area contributed by atoms with Crippen molar-refractivity contribution in [1.82, 2.24) is 5.32 Å². The molecule has 0 radical (unpaired) electrons. The second-order valence-corrected chi connectivity index (χ2v) is 12.2. The van der Waals surface area contributed by atoms with E-state index in [1.54, 1.807) is 66.7 Å². The molecule has 2 heterocycles. The molecule has 1 unspecified atom stereocenters. The molecule has 4 aromatic rings. The highest BCUT2D eigenvalue weighted by Crippen LogP contribution is 2.34. The summed E-state index contributed by atoms with van der Waals surface area (Å²) in [7, 11) is 0. The first-order valence-electron chi connectivity index (χ1n) is 12.2. The number of thiophene rings is 1. The van der Waals surface area contributed by atoms with Crippen LogP contribution in [0, 0.1) is 3.57 Å². The quantitative estimate of drug-likeness (QED) is 0.132. The third-order valence-electron chi connectivity index (χ3n) is 5.94. The fourth-order valence-corrected chi connectivity index (χ4v) is 6.07. The lowest BCUT2D eigenvalue weighted by molar-refractivity contribution is -0.121. The summed E-state index contributed by atoms with van der Waals surface area (Å²) in [5.74, 6) is -1.33. The number of anilines is 2. The molecule has 40 heavy (non-hydrogen) atoms. The van der Waals surface area contributed by atoms with Gasteiger partial charge in [-0.05, 0) is 101 Å². The Balaban J connectivity index is 1.25. The number of imide groups is 1. The first-order valence-corrected chi connectivity index (χ1v) is 15.0. The second kappa shape index (κ2) is 12.6. The van der Waals surface area contributed by atoms with Gasteiger partial charge in [0.2, 0.25) is 11.8 Å². The highest BCUT2D eigenvalue weighted by atomic mass is 127. The van der Waals surface area contributed by atoms with Crippen LogP contribution in [0.5, 0.6) is 0 Å². The number of carbonyl (C=O) groups is 4. The van der Waals surface area contributed by atoms with Crippen molar-refractivity contribution in [3.63, 3.8) is 0 Å². The maximum atomic E-state index is 13.2. The van der Waals surface area contributed by atoms with Crippen molar-refractivity contribution >= 4 is 86.8 Å². The minimum absolute atomic E-state index is 0.112. The zero-order valence-electron chi connectivity index (χ0n) is 20.9. The summed E-state index contributed by atoms with van der Waals surface area (Å²) in [6.07, 6.45) is 1.75. The summed E-state index contributed by atoms with van der Waals surface area (Å²) in [5, 5.41) is 6.90. The van der Waals surface area contributed by atoms with E-state index < -0.39 is 11.2 Å². The lowest BCUT2D eigenvalue weighted by Gasteiger charge is -2.15. The Morgan fingerprint density at radius 2 is 1.65 bits per heavy atom. The number of nitrogens with zero attached hydrogens (tertiary/aromatic N) is 1. The Morgan fingerprint density at radius 1 is 0.925 bits per heavy atom. The van der Waals surface area contributed by atoms with Crippen LogP contribution < -0.4 is 15.5 Å². The molecule has 2 N–H and O–H groups in total. The van der Waals surface area contributed by atoms with Gasteiger partial charge >= 0.3 is 0 Å². The molecule has 1 aliphatic rings. The third-order valence-corrected chi connectivity index (χ3v) is 8.67. The Bertz CT molecular complexity index is 1570. The molecule has 3 aromatic carbocycles. The van der Waals surface area contributed by atoms with Gasteiger partial charge in [0.15, 0.2) is 0 Å². The van der Waals surface area contributed by atoms with Gasteiger partial charge in [0.25, 0.3) is 11.8 Å². The van der Waals surface area contributed by atoms with Gasteiger partial charge < -0.3 is 10.6 Å². The SMILES string of the molecule is O=C(Nc1ccc(SC2CC(=O)N(c3ccc(I)cc3)C2=O)cc1)/C(=C/c1cccs1)NC(=O)c1ccccc1. The number of benzene rings is 3. The van der Waals surface area contributed by atoms with E-state index in [0.29, 0.717) is 16.9 Å². The number of rotatable bonds is 8. The molecule has 1 fully saturated rings. The molecule has 7 nitrogen and oxygen atoms in total. The van der Waals surface area contributed by atoms with Crippen LogP contribution in [0.15, 0.2) is 107 Å². The Hall–Kier alpha value is -3.74. The summed E-state index contributed by atoms with van der Waals surface area (Å²) in [4.78, 5) is 54.4. The van der Waals surface area contributed by atoms with Crippen LogP contribution >= 0.6 is 45.7 Å². The maximum absolute atomic E-state index is 13.2. The Labute approximate surface area is 252 Å². The zero-order chi connectivity index (χ0) is 28.1. The van der Waals surface area contributed by atoms with Gasteiger partial charge in [0.05, 0.1) is 10.9 Å². The average molecular weight is 680 g/mol. The molecule has 1 aromatic heterocycles. The Kier molecular flexibility index (Phi) is 8.78. The molecule has 5 rings (SSSR count). The predicted octanol–water partition coefficient (Wildman–Crippen LogP) is 6.19. The van der Waals surface area contributed by atoms with E-state index in [-0.39, 0.29) is 29.8 Å². The molecule has 0 aliphatic carbocycles. The number of hydrogen-bond acceptors (Lipinski definition) is 6. The lowest BCUT2D eigenvalue weighted by Crippen LogP contribution is -2.31. The van der Waals surface area contributed by atoms with Crippen molar-refractivity contribution in [1.29, 1.82) is 0 Å². The lowest BCUT2D eigenvalue weighted by atomic mass is 10.2. The molecule has 10 heteroatoms. The Morgan fingerprint density at radius 3 is 2.33 bits per heavy atom. The second-order valence-electron chi connectivity index (χ2n) is 8.73. The smallest absolute Gasteiger partial charge is 0.272 e. The number of carbonyl (C=O) groups excluding carboxylic acids is 4. The van der Waals surface area contributed by atoms with Crippen LogP contribution in [0.2, 0.25) is 0 Å². The van der Waals surface area contributed by atoms with Crippen molar-refractivity contribution in [2.75, 3.05) is 10.2 Å². The van der Waals surface area contributed by atoms with Gasteiger partial charge in [-0.15, -0.1) is 23.1 Å². The minimum atomic E-state index is -0.527. The standard InChI is InChI=1S/C30H22IN3O4S2/c31-20-8-12-22(13-9-20)34-27(35)18-26(30(34)38)40-23-14-10-21(11-15-23)32-29(37)25(17-24-7-4-16-39-24)33-28(36)19-5-2-1-3-6-19/h1-17,26H,18H2,(H,32,37)(H,33,36)/b25-17-. The van der Waals surface area contributed by atoms with E-state index in [1.165, 1.54) is 28.0 Å². The topological polar surface area (TPSA) is 95.6 Å². The fraction of sp³-hybridized carbons (Fsp3) is 0.0667. The van der Waals surface area contributed by atoms with Crippen molar-refractivity contribution in [3.05, 3.63) is 116 Å². The summed E-state index contributed by atoms with van der Waals surface area (Å²) in [6, 6.07) is 26.7. The predicted molar refractivity (Wildman–Crippen MR) is 167 cm³/mol. The zero-order valence-corrected chi connectivity index (χ0v) is 24.7. The number of hydrogen-bond donors (Lipinski definition) is 2. The van der Waals surface area contributed by atoms with Crippen molar-refractivity contribution in [3.8, 4) is 0 Å². The van der Waals surface area contributed by atoms with Gasteiger partial charge in [-0.25, -0.2) is 4.90 Å². The van der Waals surface area contributed by atoms with Crippen LogP contribution in [-0.4, -0.2) is 28.9 Å². The minimum Gasteiger partial charge on any atom is -0.321 e. The van der Waals surface area contributed by atoms with Crippen LogP contribution in [-0.2, 0) is 14.4 Å². The number of nitrogens with one attached hydrogen (secondary N) is 2. The van der Waals surface area contributed by atoms with E-state index in [1.807, 2.05) is 35.7 Å². The van der Waals surface area contributed by atoms with Crippen molar-refractivity contribution in [2.45, 2.75) is 16.6 Å². The highest BCUT2D eigenvalue weighted by Gasteiger charge is 2.40. The third kappa shape index (κ3) is 6.69. The largest absolute Gasteiger partial charge is 0.321 e. The average Bonchev–Trinajstić information content (AvgIpc) is 3.57. The molecule has 1 atom stereocenters. The molecule has 1 saturated heterocycles. The van der Waals surface area contributed by atoms with E-state index in [0.717, 1.165) is 13.3 Å². The van der Waals surface area contributed by atoms with Crippen LogP contribution in [0.4, 0.5) is 11.4 Å². The monoisotopic (exact) mass is 679 g/mol. The molecule has 4 amide bonds. The van der Waals surface area contributed by atoms with Crippen LogP contribution in [0.3, 0.4) is 0 Å². The molecule has 1 aliphatic heterocycles. The first kappa shape index (κ1) is 27.8. The molecule has 0 bridgehead atoms. The molecule has 0 saturated carbocycles. The summed E-state index contributed by atoms with van der Waals surface area (Å²) in [6.45, 7) is 0. The van der Waals surface area contributed by atoms with Gasteiger partial charge in [0.1, 0.15) is 5.70 Å². The maximum Gasteiger partial charge on any atom is 0.272 e. The highest BCUT2D eigenvalue weighted by molar-refractivity contribution is 14.1. The summed E-state index contributed by atoms with van der Waals surface area (Å²) in [5.41, 5.74) is 1.65. The van der Waals surface area contributed by atoms with Gasteiger partial charge in [0, 0.05) is 31.0 Å². The summed E-state index contributed by atoms with van der Waals surface area (Å²) < 4.78 is 1.02. The van der Waals surface area contributed by atoms with E-state index in [2.05, 4.69) is 33.2 Å². The number of amides is 4. The first-order chi connectivity index (χ1) is 19.4. The van der Waals surface area contributed by atoms with Crippen molar-refractivity contribution < 1.29 is 19.2 Å². The van der Waals surface area contributed by atoms with Gasteiger partial charge in [-0.3, -0.25) is 19.2 Å².